The molecule has 1 aromatic rings. The van der Waals surface area contributed by atoms with E-state index in [0.717, 1.165) is 16.8 Å². The molecule has 2 N–H and O–H groups in total. The number of hydrogen-bond donors (Lipinski definition) is 1. The maximum Gasteiger partial charge on any atom is 0.153 e. The summed E-state index contributed by atoms with van der Waals surface area (Å²) in [5.74, 6) is 0.384. The van der Waals surface area contributed by atoms with Gasteiger partial charge in [-0.05, 0) is 18.6 Å². The third kappa shape index (κ3) is 2.64. The molecule has 98 valence electrons. The first-order valence-electron chi connectivity index (χ1n) is 5.75. The predicted molar refractivity (Wildman–Crippen MR) is 77.9 cm³/mol. The van der Waals surface area contributed by atoms with E-state index in [4.69, 9.17) is 18.0 Å². The van der Waals surface area contributed by atoms with E-state index in [1.807, 2.05) is 30.0 Å². The zero-order chi connectivity index (χ0) is 13.3. The van der Waals surface area contributed by atoms with Gasteiger partial charge >= 0.3 is 0 Å². The summed E-state index contributed by atoms with van der Waals surface area (Å²) in [6.07, 6.45) is 0. The number of aryl methyl sites for hydroxylation is 1. The summed E-state index contributed by atoms with van der Waals surface area (Å²) in [7, 11) is -2.87. The quantitative estimate of drug-likeness (QED) is 0.816. The average Bonchev–Trinajstić information content (AvgIpc) is 2.28. The molecule has 18 heavy (non-hydrogen) atoms. The topological polar surface area (TPSA) is 63.4 Å². The molecule has 0 aliphatic carbocycles. The number of nitrogens with two attached hydrogens (primary N) is 1. The molecule has 6 heteroatoms. The second-order valence-corrected chi connectivity index (χ2v) is 7.22. The minimum absolute atomic E-state index is 0.192. The van der Waals surface area contributed by atoms with E-state index in [1.165, 1.54) is 0 Å². The molecule has 1 aromatic carbocycles. The van der Waals surface area contributed by atoms with E-state index < -0.39 is 9.84 Å². The Morgan fingerprint density at radius 3 is 2.50 bits per heavy atom. The Labute approximate surface area is 113 Å². The zero-order valence-corrected chi connectivity index (χ0v) is 11.9. The van der Waals surface area contributed by atoms with Crippen molar-refractivity contribution in [2.45, 2.75) is 6.92 Å². The maximum absolute atomic E-state index is 11.4. The van der Waals surface area contributed by atoms with Crippen LogP contribution in [0.2, 0.25) is 0 Å². The summed E-state index contributed by atoms with van der Waals surface area (Å²) in [5.41, 5.74) is 8.58. The number of thiocarbonyl (C=S) groups is 1. The van der Waals surface area contributed by atoms with Crippen molar-refractivity contribution in [3.63, 3.8) is 0 Å². The van der Waals surface area contributed by atoms with Crippen LogP contribution in [0.25, 0.3) is 0 Å². The first kappa shape index (κ1) is 13.3. The lowest BCUT2D eigenvalue weighted by molar-refractivity contribution is 0.587. The van der Waals surface area contributed by atoms with Gasteiger partial charge in [-0.25, -0.2) is 8.42 Å². The van der Waals surface area contributed by atoms with E-state index in [1.54, 1.807) is 0 Å². The van der Waals surface area contributed by atoms with Gasteiger partial charge in [0.25, 0.3) is 0 Å². The van der Waals surface area contributed by atoms with Crippen LogP contribution in [-0.2, 0) is 9.84 Å². The largest absolute Gasteiger partial charge is 0.389 e. The van der Waals surface area contributed by atoms with Crippen LogP contribution in [0.15, 0.2) is 18.2 Å². The standard InChI is InChI=1S/C12H16N2O2S2/c1-9-3-2-4-10(11(9)12(13)17)14-5-7-18(15,16)8-6-14/h2-4H,5-8H2,1H3,(H2,13,17). The minimum Gasteiger partial charge on any atom is -0.389 e. The monoisotopic (exact) mass is 284 g/mol. The van der Waals surface area contributed by atoms with Crippen LogP contribution in [0.3, 0.4) is 0 Å². The van der Waals surface area contributed by atoms with E-state index in [9.17, 15) is 8.42 Å². The summed E-state index contributed by atoms with van der Waals surface area (Å²) in [4.78, 5) is 2.40. The SMILES string of the molecule is Cc1cccc(N2CCS(=O)(=O)CC2)c1C(N)=S. The molecule has 2 rings (SSSR count). The molecule has 1 saturated heterocycles. The predicted octanol–water partition coefficient (Wildman–Crippen LogP) is 0.864. The molecule has 1 heterocycles. The van der Waals surface area contributed by atoms with Crippen LogP contribution >= 0.6 is 12.2 Å². The third-order valence-electron chi connectivity index (χ3n) is 3.18. The molecule has 0 amide bonds. The molecule has 1 fully saturated rings. The number of benzene rings is 1. The van der Waals surface area contributed by atoms with Gasteiger partial charge in [-0.15, -0.1) is 0 Å². The number of sulfone groups is 1. The van der Waals surface area contributed by atoms with Gasteiger partial charge in [-0.2, -0.15) is 0 Å². The highest BCUT2D eigenvalue weighted by molar-refractivity contribution is 7.91. The van der Waals surface area contributed by atoms with E-state index >= 15 is 0 Å². The van der Waals surface area contributed by atoms with E-state index in [0.29, 0.717) is 18.1 Å². The number of nitrogens with zero attached hydrogens (tertiary/aromatic N) is 1. The van der Waals surface area contributed by atoms with Gasteiger partial charge in [-0.3, -0.25) is 0 Å². The first-order valence-corrected chi connectivity index (χ1v) is 7.98. The Bertz CT molecular complexity index is 568. The number of anilines is 1. The van der Waals surface area contributed by atoms with Crippen LogP contribution in [0.1, 0.15) is 11.1 Å². The molecule has 1 aliphatic rings. The van der Waals surface area contributed by atoms with Crippen molar-refractivity contribution in [1.29, 1.82) is 0 Å². The van der Waals surface area contributed by atoms with Crippen molar-refractivity contribution in [3.05, 3.63) is 29.3 Å². The van der Waals surface area contributed by atoms with Crippen LogP contribution < -0.4 is 10.6 Å². The molecule has 0 unspecified atom stereocenters. The second-order valence-electron chi connectivity index (χ2n) is 4.47. The molecular formula is C12H16N2O2S2. The molecule has 0 radical (unpaired) electrons. The summed E-state index contributed by atoms with van der Waals surface area (Å²) in [6, 6.07) is 5.84. The highest BCUT2D eigenvalue weighted by Gasteiger charge is 2.24. The fourth-order valence-corrected chi connectivity index (χ4v) is 3.66. The van der Waals surface area contributed by atoms with Crippen molar-refractivity contribution in [1.82, 2.24) is 0 Å². The molecule has 0 atom stereocenters. The Morgan fingerprint density at radius 1 is 1.33 bits per heavy atom. The molecule has 0 saturated carbocycles. The lowest BCUT2D eigenvalue weighted by atomic mass is 10.1. The zero-order valence-electron chi connectivity index (χ0n) is 10.2. The first-order chi connectivity index (χ1) is 8.41. The minimum atomic E-state index is -2.87. The average molecular weight is 284 g/mol. The lowest BCUT2D eigenvalue weighted by Gasteiger charge is -2.30. The Morgan fingerprint density at radius 2 is 1.94 bits per heavy atom. The second kappa shape index (κ2) is 4.85. The van der Waals surface area contributed by atoms with Gasteiger partial charge in [0.15, 0.2) is 9.84 Å². The molecule has 0 bridgehead atoms. The molecule has 0 aromatic heterocycles. The normalized spacial score (nSPS) is 18.6. The number of hydrogen-bond acceptors (Lipinski definition) is 4. The molecular weight excluding hydrogens is 268 g/mol. The van der Waals surface area contributed by atoms with Crippen LogP contribution in [0.4, 0.5) is 5.69 Å². The van der Waals surface area contributed by atoms with E-state index in [-0.39, 0.29) is 11.5 Å². The van der Waals surface area contributed by atoms with Crippen molar-refractivity contribution in [2.75, 3.05) is 29.5 Å². The fraction of sp³-hybridized carbons (Fsp3) is 0.417. The van der Waals surface area contributed by atoms with E-state index in [2.05, 4.69) is 0 Å². The van der Waals surface area contributed by atoms with Crippen molar-refractivity contribution in [2.24, 2.45) is 5.73 Å². The van der Waals surface area contributed by atoms with Crippen LogP contribution in [-0.4, -0.2) is 38.0 Å². The highest BCUT2D eigenvalue weighted by Crippen LogP contribution is 2.25. The lowest BCUT2D eigenvalue weighted by Crippen LogP contribution is -2.41. The van der Waals surface area contributed by atoms with Crippen LogP contribution in [0, 0.1) is 6.92 Å². The molecule has 1 aliphatic heterocycles. The van der Waals surface area contributed by atoms with Gasteiger partial charge in [-0.1, -0.05) is 24.4 Å². The molecule has 0 spiro atoms. The highest BCUT2D eigenvalue weighted by atomic mass is 32.2. The van der Waals surface area contributed by atoms with Gasteiger partial charge in [0.2, 0.25) is 0 Å². The van der Waals surface area contributed by atoms with Crippen molar-refractivity contribution >= 4 is 32.7 Å². The summed E-state index contributed by atoms with van der Waals surface area (Å²) in [5, 5.41) is 0. The molecule has 4 nitrogen and oxygen atoms in total. The van der Waals surface area contributed by atoms with Crippen molar-refractivity contribution in [3.8, 4) is 0 Å². The summed E-state index contributed by atoms with van der Waals surface area (Å²) < 4.78 is 22.9. The summed E-state index contributed by atoms with van der Waals surface area (Å²) in [6.45, 7) is 2.96. The fourth-order valence-electron chi connectivity index (χ4n) is 2.19. The maximum atomic E-state index is 11.4. The Kier molecular flexibility index (Phi) is 3.59. The summed E-state index contributed by atoms with van der Waals surface area (Å²) >= 11 is 5.08. The third-order valence-corrected chi connectivity index (χ3v) is 5.00. The van der Waals surface area contributed by atoms with Crippen molar-refractivity contribution < 1.29 is 8.42 Å². The van der Waals surface area contributed by atoms with Crippen LogP contribution in [0.5, 0.6) is 0 Å². The van der Waals surface area contributed by atoms with Gasteiger partial charge in [0.1, 0.15) is 4.99 Å². The van der Waals surface area contributed by atoms with Gasteiger partial charge in [0.05, 0.1) is 11.5 Å². The van der Waals surface area contributed by atoms with Gasteiger partial charge < -0.3 is 10.6 Å². The Hall–Kier alpha value is -1.14. The smallest absolute Gasteiger partial charge is 0.153 e. The number of rotatable bonds is 2. The Balaban J connectivity index is 2.35. The van der Waals surface area contributed by atoms with Gasteiger partial charge in [0, 0.05) is 24.3 Å².